The van der Waals surface area contributed by atoms with Crippen LogP contribution in [-0.4, -0.2) is 36.9 Å². The smallest absolute Gasteiger partial charge is 0.337 e. The van der Waals surface area contributed by atoms with E-state index in [-0.39, 0.29) is 15.5 Å². The van der Waals surface area contributed by atoms with Crippen molar-refractivity contribution < 1.29 is 18.3 Å². The highest BCUT2D eigenvalue weighted by Crippen LogP contribution is 2.25. The second-order valence-corrected chi connectivity index (χ2v) is 6.75. The van der Waals surface area contributed by atoms with Gasteiger partial charge in [-0.3, -0.25) is 0 Å². The third-order valence-corrected chi connectivity index (χ3v) is 5.30. The molecule has 0 bridgehead atoms. The molecule has 1 N–H and O–H groups in total. The number of rotatable bonds is 3. The summed E-state index contributed by atoms with van der Waals surface area (Å²) in [5.74, 6) is -1.29. The van der Waals surface area contributed by atoms with Crippen molar-refractivity contribution in [2.24, 2.45) is 0 Å². The van der Waals surface area contributed by atoms with Gasteiger partial charge in [0.2, 0.25) is 10.0 Å². The molecular formula is C12H14ClNO4S. The Bertz CT molecular complexity index is 594. The molecule has 0 aliphatic carbocycles. The number of benzene rings is 1. The van der Waals surface area contributed by atoms with Gasteiger partial charge in [-0.2, -0.15) is 4.31 Å². The summed E-state index contributed by atoms with van der Waals surface area (Å²) in [4.78, 5) is 11.0. The van der Waals surface area contributed by atoms with Crippen LogP contribution in [0.1, 0.15) is 29.6 Å². The first kappa shape index (κ1) is 14.3. The molecule has 19 heavy (non-hydrogen) atoms. The van der Waals surface area contributed by atoms with Crippen LogP contribution >= 0.6 is 11.6 Å². The summed E-state index contributed by atoms with van der Waals surface area (Å²) in [5.41, 5.74) is -0.280. The van der Waals surface area contributed by atoms with E-state index in [2.05, 4.69) is 0 Å². The lowest BCUT2D eigenvalue weighted by Crippen LogP contribution is -2.36. The average Bonchev–Trinajstić information content (AvgIpc) is 2.39. The number of aromatic carboxylic acids is 1. The molecule has 0 aromatic heterocycles. The monoisotopic (exact) mass is 303 g/mol. The molecule has 1 aromatic rings. The maximum Gasteiger partial charge on any atom is 0.337 e. The van der Waals surface area contributed by atoms with Crippen molar-refractivity contribution >= 4 is 27.6 Å². The van der Waals surface area contributed by atoms with Crippen LogP contribution in [0.4, 0.5) is 0 Å². The maximum absolute atomic E-state index is 12.4. The summed E-state index contributed by atoms with van der Waals surface area (Å²) in [5, 5.41) is 9.31. The van der Waals surface area contributed by atoms with E-state index in [4.69, 9.17) is 16.7 Å². The predicted molar refractivity (Wildman–Crippen MR) is 71.0 cm³/mol. The number of piperidine rings is 1. The quantitative estimate of drug-likeness (QED) is 0.929. The Morgan fingerprint density at radius 3 is 2.42 bits per heavy atom. The van der Waals surface area contributed by atoms with E-state index in [1.165, 1.54) is 22.5 Å². The minimum absolute atomic E-state index is 0.189. The number of carbonyl (C=O) groups is 1. The molecule has 0 spiro atoms. The zero-order valence-electron chi connectivity index (χ0n) is 10.2. The Hall–Kier alpha value is -1.11. The van der Waals surface area contributed by atoms with Gasteiger partial charge in [-0.1, -0.05) is 18.0 Å². The van der Waals surface area contributed by atoms with Crippen molar-refractivity contribution in [1.82, 2.24) is 4.31 Å². The topological polar surface area (TPSA) is 74.7 Å². The molecular weight excluding hydrogens is 290 g/mol. The van der Waals surface area contributed by atoms with E-state index >= 15 is 0 Å². The number of carboxylic acids is 1. The zero-order chi connectivity index (χ0) is 14.0. The Morgan fingerprint density at radius 2 is 1.84 bits per heavy atom. The molecule has 0 unspecified atom stereocenters. The van der Waals surface area contributed by atoms with Crippen molar-refractivity contribution in [3.8, 4) is 0 Å². The predicted octanol–water partition coefficient (Wildman–Crippen LogP) is 2.21. The van der Waals surface area contributed by atoms with Gasteiger partial charge < -0.3 is 5.11 Å². The fraction of sp³-hybridized carbons (Fsp3) is 0.417. The molecule has 104 valence electrons. The molecule has 2 rings (SSSR count). The van der Waals surface area contributed by atoms with Gasteiger partial charge in [-0.25, -0.2) is 13.2 Å². The minimum Gasteiger partial charge on any atom is -0.478 e. The second-order valence-electron chi connectivity index (χ2n) is 4.41. The largest absolute Gasteiger partial charge is 0.478 e. The summed E-state index contributed by atoms with van der Waals surface area (Å²) in [6.07, 6.45) is 2.60. The molecule has 7 heteroatoms. The van der Waals surface area contributed by atoms with E-state index < -0.39 is 16.0 Å². The molecule has 1 aliphatic heterocycles. The number of nitrogens with zero attached hydrogens (tertiary/aromatic N) is 1. The molecule has 1 saturated heterocycles. The third-order valence-electron chi connectivity index (χ3n) is 3.10. The van der Waals surface area contributed by atoms with E-state index in [9.17, 15) is 13.2 Å². The molecule has 1 heterocycles. The molecule has 0 saturated carbocycles. The Kier molecular flexibility index (Phi) is 4.13. The molecule has 0 radical (unpaired) electrons. The lowest BCUT2D eigenvalue weighted by atomic mass is 10.2. The van der Waals surface area contributed by atoms with Gasteiger partial charge in [0.05, 0.1) is 10.5 Å². The van der Waals surface area contributed by atoms with E-state index in [1.54, 1.807) is 0 Å². The van der Waals surface area contributed by atoms with Crippen LogP contribution in [0.3, 0.4) is 0 Å². The molecule has 1 aromatic carbocycles. The summed E-state index contributed by atoms with van der Waals surface area (Å²) in [6.45, 7) is 0.869. The maximum atomic E-state index is 12.4. The molecule has 5 nitrogen and oxygen atoms in total. The third kappa shape index (κ3) is 2.91. The SMILES string of the molecule is O=C(O)c1cc(Cl)ccc1S(=O)(=O)N1CCCCC1. The van der Waals surface area contributed by atoms with E-state index in [0.29, 0.717) is 13.1 Å². The average molecular weight is 304 g/mol. The highest BCUT2D eigenvalue weighted by atomic mass is 35.5. The normalized spacial score (nSPS) is 17.3. The first-order chi connectivity index (χ1) is 8.93. The number of carboxylic acid groups (broad SMARTS) is 1. The van der Waals surface area contributed by atoms with Gasteiger partial charge in [0.1, 0.15) is 0 Å². The molecule has 0 atom stereocenters. The molecule has 1 aliphatic rings. The Balaban J connectivity index is 2.48. The van der Waals surface area contributed by atoms with Crippen LogP contribution in [0, 0.1) is 0 Å². The van der Waals surface area contributed by atoms with Gasteiger partial charge in [-0.15, -0.1) is 0 Å². The van der Waals surface area contributed by atoms with Crippen molar-refractivity contribution in [2.75, 3.05) is 13.1 Å². The number of sulfonamides is 1. The van der Waals surface area contributed by atoms with Crippen molar-refractivity contribution in [3.05, 3.63) is 28.8 Å². The fourth-order valence-electron chi connectivity index (χ4n) is 2.14. The van der Waals surface area contributed by atoms with Crippen molar-refractivity contribution in [2.45, 2.75) is 24.2 Å². The Morgan fingerprint density at radius 1 is 1.21 bits per heavy atom. The minimum atomic E-state index is -3.76. The van der Waals surface area contributed by atoms with Crippen molar-refractivity contribution in [3.63, 3.8) is 0 Å². The van der Waals surface area contributed by atoms with Crippen molar-refractivity contribution in [1.29, 1.82) is 0 Å². The van der Waals surface area contributed by atoms with Gasteiger partial charge in [0, 0.05) is 18.1 Å². The second kappa shape index (κ2) is 5.48. The zero-order valence-corrected chi connectivity index (χ0v) is 11.7. The summed E-state index contributed by atoms with van der Waals surface area (Å²) in [6, 6.07) is 3.82. The summed E-state index contributed by atoms with van der Waals surface area (Å²) >= 11 is 5.73. The lowest BCUT2D eigenvalue weighted by molar-refractivity contribution is 0.0692. The van der Waals surface area contributed by atoms with Gasteiger partial charge >= 0.3 is 5.97 Å². The number of hydrogen-bond acceptors (Lipinski definition) is 3. The number of halogens is 1. The van der Waals surface area contributed by atoms with Crippen LogP contribution in [0.2, 0.25) is 5.02 Å². The van der Waals surface area contributed by atoms with Crippen LogP contribution in [-0.2, 0) is 10.0 Å². The van der Waals surface area contributed by atoms with Gasteiger partial charge in [0.15, 0.2) is 0 Å². The van der Waals surface area contributed by atoms with E-state index in [0.717, 1.165) is 19.3 Å². The van der Waals surface area contributed by atoms with Gasteiger partial charge in [-0.05, 0) is 31.0 Å². The van der Waals surface area contributed by atoms with Crippen LogP contribution in [0.25, 0.3) is 0 Å². The molecule has 1 fully saturated rings. The standard InChI is InChI=1S/C12H14ClNO4S/c13-9-4-5-11(10(8-9)12(15)16)19(17,18)14-6-2-1-3-7-14/h4-5,8H,1-3,6-7H2,(H,15,16). The summed E-state index contributed by atoms with van der Waals surface area (Å²) < 4.78 is 26.2. The number of hydrogen-bond donors (Lipinski definition) is 1. The first-order valence-electron chi connectivity index (χ1n) is 5.96. The van der Waals surface area contributed by atoms with Gasteiger partial charge in [0.25, 0.3) is 0 Å². The molecule has 0 amide bonds. The summed E-state index contributed by atoms with van der Waals surface area (Å²) in [7, 11) is -3.76. The van der Waals surface area contributed by atoms with Crippen LogP contribution in [0.5, 0.6) is 0 Å². The highest BCUT2D eigenvalue weighted by Gasteiger charge is 2.29. The van der Waals surface area contributed by atoms with E-state index in [1.807, 2.05) is 0 Å². The van der Waals surface area contributed by atoms with Crippen LogP contribution in [0.15, 0.2) is 23.1 Å². The lowest BCUT2D eigenvalue weighted by Gasteiger charge is -2.26. The fourth-order valence-corrected chi connectivity index (χ4v) is 3.99. The highest BCUT2D eigenvalue weighted by molar-refractivity contribution is 7.89. The first-order valence-corrected chi connectivity index (χ1v) is 7.78. The Labute approximate surface area is 116 Å². The van der Waals surface area contributed by atoms with Crippen LogP contribution < -0.4 is 0 Å².